The SMILES string of the molecule is CC(=O)Nc1ccc(CNC[C@H]2Cn3c(-c4ccc5c(c4)OCCO5)cnc3CO2)cc1. The predicted molar refractivity (Wildman–Crippen MR) is 120 cm³/mol. The van der Waals surface area contributed by atoms with E-state index in [9.17, 15) is 4.79 Å². The second-order valence-corrected chi connectivity index (χ2v) is 7.97. The summed E-state index contributed by atoms with van der Waals surface area (Å²) in [6.07, 6.45) is 1.95. The second kappa shape index (κ2) is 9.02. The zero-order valence-electron chi connectivity index (χ0n) is 18.0. The average molecular weight is 434 g/mol. The van der Waals surface area contributed by atoms with Gasteiger partial charge in [-0.15, -0.1) is 0 Å². The van der Waals surface area contributed by atoms with Crippen molar-refractivity contribution in [3.63, 3.8) is 0 Å². The number of hydrogen-bond acceptors (Lipinski definition) is 6. The standard InChI is InChI=1S/C24H26N4O4/c1-16(29)27-19-5-2-17(3-6-19)11-25-12-20-14-28-21(13-26-24(28)15-32-20)18-4-7-22-23(10-18)31-9-8-30-22/h2-7,10,13,20,25H,8-9,11-12,14-15H2,1H3,(H,27,29)/t20-/m0/s1. The fourth-order valence-corrected chi connectivity index (χ4v) is 4.02. The number of aromatic nitrogens is 2. The smallest absolute Gasteiger partial charge is 0.221 e. The van der Waals surface area contributed by atoms with Crippen LogP contribution in [0.3, 0.4) is 0 Å². The van der Waals surface area contributed by atoms with Crippen LogP contribution in [0.4, 0.5) is 5.69 Å². The van der Waals surface area contributed by atoms with Crippen molar-refractivity contribution in [2.75, 3.05) is 25.1 Å². The summed E-state index contributed by atoms with van der Waals surface area (Å²) in [5.74, 6) is 2.42. The monoisotopic (exact) mass is 434 g/mol. The van der Waals surface area contributed by atoms with Gasteiger partial charge in [-0.1, -0.05) is 12.1 Å². The number of nitrogens with zero attached hydrogens (tertiary/aromatic N) is 2. The Bertz CT molecular complexity index is 1110. The molecule has 166 valence electrons. The van der Waals surface area contributed by atoms with Crippen LogP contribution in [-0.2, 0) is 29.2 Å². The first-order chi connectivity index (χ1) is 15.7. The number of hydrogen-bond donors (Lipinski definition) is 2. The third-order valence-corrected chi connectivity index (χ3v) is 5.59. The lowest BCUT2D eigenvalue weighted by molar-refractivity contribution is -0.114. The van der Waals surface area contributed by atoms with E-state index in [1.807, 2.05) is 48.7 Å². The molecule has 1 aromatic heterocycles. The summed E-state index contributed by atoms with van der Waals surface area (Å²) in [5, 5.41) is 6.25. The molecule has 0 bridgehead atoms. The maximum Gasteiger partial charge on any atom is 0.221 e. The number of anilines is 1. The quantitative estimate of drug-likeness (QED) is 0.620. The first kappa shape index (κ1) is 20.5. The minimum absolute atomic E-state index is 0.0475. The van der Waals surface area contributed by atoms with Crippen molar-refractivity contribution in [3.05, 3.63) is 60.0 Å². The van der Waals surface area contributed by atoms with Gasteiger partial charge in [-0.25, -0.2) is 4.98 Å². The number of imidazole rings is 1. The van der Waals surface area contributed by atoms with Crippen molar-refractivity contribution in [2.24, 2.45) is 0 Å². The summed E-state index contributed by atoms with van der Waals surface area (Å²) in [7, 11) is 0. The van der Waals surface area contributed by atoms with Crippen LogP contribution in [-0.4, -0.2) is 41.3 Å². The fraction of sp³-hybridized carbons (Fsp3) is 0.333. The van der Waals surface area contributed by atoms with Crippen molar-refractivity contribution in [1.82, 2.24) is 14.9 Å². The predicted octanol–water partition coefficient (Wildman–Crippen LogP) is 2.97. The van der Waals surface area contributed by atoms with E-state index in [-0.39, 0.29) is 12.0 Å². The maximum atomic E-state index is 11.1. The highest BCUT2D eigenvalue weighted by Crippen LogP contribution is 2.35. The number of ether oxygens (including phenoxy) is 3. The Morgan fingerprint density at radius 2 is 1.94 bits per heavy atom. The number of fused-ring (bicyclic) bond motifs is 2. The molecule has 2 aliphatic heterocycles. The van der Waals surface area contributed by atoms with E-state index in [0.29, 0.717) is 19.8 Å². The number of carbonyl (C=O) groups excluding carboxylic acids is 1. The van der Waals surface area contributed by atoms with Crippen LogP contribution in [0.15, 0.2) is 48.7 Å². The molecule has 0 unspecified atom stereocenters. The number of benzene rings is 2. The lowest BCUT2D eigenvalue weighted by atomic mass is 10.1. The molecule has 0 spiro atoms. The van der Waals surface area contributed by atoms with Gasteiger partial charge >= 0.3 is 0 Å². The number of nitrogens with one attached hydrogen (secondary N) is 2. The molecule has 3 aromatic rings. The lowest BCUT2D eigenvalue weighted by Crippen LogP contribution is -2.36. The summed E-state index contributed by atoms with van der Waals surface area (Å²) in [6.45, 7) is 5.33. The fourth-order valence-electron chi connectivity index (χ4n) is 4.02. The topological polar surface area (TPSA) is 86.6 Å². The van der Waals surface area contributed by atoms with Crippen LogP contribution in [0.25, 0.3) is 11.3 Å². The van der Waals surface area contributed by atoms with E-state index in [0.717, 1.165) is 59.5 Å². The number of amides is 1. The van der Waals surface area contributed by atoms with Gasteiger partial charge in [-0.05, 0) is 35.9 Å². The summed E-state index contributed by atoms with van der Waals surface area (Å²) in [6, 6.07) is 13.9. The maximum absolute atomic E-state index is 11.1. The highest BCUT2D eigenvalue weighted by Gasteiger charge is 2.23. The third kappa shape index (κ3) is 4.46. The van der Waals surface area contributed by atoms with Gasteiger partial charge in [0, 0.05) is 31.3 Å². The highest BCUT2D eigenvalue weighted by molar-refractivity contribution is 5.88. The average Bonchev–Trinajstić information content (AvgIpc) is 3.23. The molecule has 32 heavy (non-hydrogen) atoms. The molecule has 1 amide bonds. The molecule has 2 aliphatic rings. The second-order valence-electron chi connectivity index (χ2n) is 7.97. The molecule has 0 saturated carbocycles. The Morgan fingerprint density at radius 1 is 1.12 bits per heavy atom. The minimum Gasteiger partial charge on any atom is -0.486 e. The molecule has 0 fully saturated rings. The molecule has 0 radical (unpaired) electrons. The van der Waals surface area contributed by atoms with Gasteiger partial charge < -0.3 is 29.4 Å². The van der Waals surface area contributed by atoms with Crippen molar-refractivity contribution in [1.29, 1.82) is 0 Å². The van der Waals surface area contributed by atoms with Crippen LogP contribution in [0.1, 0.15) is 18.3 Å². The minimum atomic E-state index is -0.0696. The third-order valence-electron chi connectivity index (χ3n) is 5.59. The van der Waals surface area contributed by atoms with Crippen molar-refractivity contribution in [3.8, 4) is 22.8 Å². The normalized spacial score (nSPS) is 17.0. The first-order valence-electron chi connectivity index (χ1n) is 10.8. The van der Waals surface area contributed by atoms with E-state index in [2.05, 4.69) is 20.2 Å². The van der Waals surface area contributed by atoms with Crippen LogP contribution in [0, 0.1) is 0 Å². The molecule has 3 heterocycles. The van der Waals surface area contributed by atoms with Gasteiger partial charge in [0.2, 0.25) is 5.91 Å². The molecule has 0 saturated heterocycles. The Morgan fingerprint density at radius 3 is 2.75 bits per heavy atom. The molecular formula is C24H26N4O4. The Balaban J connectivity index is 1.21. The largest absolute Gasteiger partial charge is 0.486 e. The molecule has 2 N–H and O–H groups in total. The van der Waals surface area contributed by atoms with E-state index < -0.39 is 0 Å². The Kier molecular flexibility index (Phi) is 5.79. The van der Waals surface area contributed by atoms with Gasteiger partial charge in [0.05, 0.1) is 24.5 Å². The van der Waals surface area contributed by atoms with Gasteiger partial charge in [-0.2, -0.15) is 0 Å². The van der Waals surface area contributed by atoms with E-state index in [1.54, 1.807) is 0 Å². The van der Waals surface area contributed by atoms with Crippen LogP contribution in [0.2, 0.25) is 0 Å². The number of rotatable bonds is 6. The summed E-state index contributed by atoms with van der Waals surface area (Å²) in [4.78, 5) is 15.7. The van der Waals surface area contributed by atoms with E-state index in [1.165, 1.54) is 6.92 Å². The van der Waals surface area contributed by atoms with Gasteiger partial charge in [0.15, 0.2) is 11.5 Å². The van der Waals surface area contributed by atoms with Crippen molar-refractivity contribution >= 4 is 11.6 Å². The van der Waals surface area contributed by atoms with Crippen molar-refractivity contribution in [2.45, 2.75) is 32.7 Å². The molecular weight excluding hydrogens is 408 g/mol. The Labute approximate surface area is 186 Å². The molecule has 8 heteroatoms. The zero-order valence-corrected chi connectivity index (χ0v) is 18.0. The van der Waals surface area contributed by atoms with Crippen molar-refractivity contribution < 1.29 is 19.0 Å². The lowest BCUT2D eigenvalue weighted by Gasteiger charge is -2.26. The summed E-state index contributed by atoms with van der Waals surface area (Å²) in [5.41, 5.74) is 4.06. The van der Waals surface area contributed by atoms with Crippen LogP contribution >= 0.6 is 0 Å². The van der Waals surface area contributed by atoms with E-state index >= 15 is 0 Å². The molecule has 8 nitrogen and oxygen atoms in total. The molecule has 0 aliphatic carbocycles. The summed E-state index contributed by atoms with van der Waals surface area (Å²) < 4.78 is 19.6. The first-order valence-corrected chi connectivity index (χ1v) is 10.8. The highest BCUT2D eigenvalue weighted by atomic mass is 16.6. The molecule has 5 rings (SSSR count). The van der Waals surface area contributed by atoms with Crippen LogP contribution < -0.4 is 20.1 Å². The zero-order chi connectivity index (χ0) is 21.9. The molecule has 1 atom stereocenters. The Hall–Kier alpha value is -3.36. The number of carbonyl (C=O) groups is 1. The van der Waals surface area contributed by atoms with Gasteiger partial charge in [0.25, 0.3) is 0 Å². The van der Waals surface area contributed by atoms with Crippen LogP contribution in [0.5, 0.6) is 11.5 Å². The molecule has 2 aromatic carbocycles. The van der Waals surface area contributed by atoms with Gasteiger partial charge in [-0.3, -0.25) is 4.79 Å². The summed E-state index contributed by atoms with van der Waals surface area (Å²) >= 11 is 0. The van der Waals surface area contributed by atoms with E-state index in [4.69, 9.17) is 14.2 Å². The van der Waals surface area contributed by atoms with Gasteiger partial charge in [0.1, 0.15) is 25.6 Å².